The van der Waals surface area contributed by atoms with Crippen LogP contribution in [-0.2, 0) is 35.1 Å². The van der Waals surface area contributed by atoms with Gasteiger partial charge in [0, 0.05) is 56.7 Å². The zero-order chi connectivity index (χ0) is 31.6. The number of hydrogen-bond donors (Lipinski definition) is 2. The number of alkyl halides is 3. The Labute approximate surface area is 259 Å². The standard InChI is InChI=1S/C32H38F3N3O7/c33-32(34,35)30(41)38-12-2-5-26(38)28(40)36-24-4-1-3-23(17-24)29-44-25(18-27(45-29)22-8-6-21(20-39)7-9-22)19-37-13-10-31(11-14-37)42-15-16-43-31/h1,3-4,6-9,17,25-27,29,39H,2,5,10-16,18-20H2,(H,36,40). The van der Waals surface area contributed by atoms with E-state index in [-0.39, 0.29) is 31.8 Å². The Hall–Kier alpha value is -3.07. The van der Waals surface area contributed by atoms with Gasteiger partial charge in [-0.25, -0.2) is 0 Å². The summed E-state index contributed by atoms with van der Waals surface area (Å²) in [6.07, 6.45) is -3.71. The topological polar surface area (TPSA) is 110 Å². The van der Waals surface area contributed by atoms with Crippen LogP contribution in [0, 0.1) is 0 Å². The van der Waals surface area contributed by atoms with E-state index in [1.165, 1.54) is 0 Å². The normalized spacial score (nSPS) is 27.2. The van der Waals surface area contributed by atoms with Gasteiger partial charge in [-0.15, -0.1) is 0 Å². The number of aliphatic hydroxyl groups is 1. The predicted octanol–water partition coefficient (Wildman–Crippen LogP) is 4.06. The third-order valence-electron chi connectivity index (χ3n) is 8.99. The van der Waals surface area contributed by atoms with Gasteiger partial charge in [0.15, 0.2) is 12.1 Å². The van der Waals surface area contributed by atoms with E-state index in [1.54, 1.807) is 18.2 Å². The summed E-state index contributed by atoms with van der Waals surface area (Å²) in [5, 5.41) is 12.2. The molecule has 4 aliphatic heterocycles. The molecule has 0 aliphatic carbocycles. The predicted molar refractivity (Wildman–Crippen MR) is 155 cm³/mol. The third-order valence-corrected chi connectivity index (χ3v) is 8.99. The molecule has 13 heteroatoms. The smallest absolute Gasteiger partial charge is 0.392 e. The third kappa shape index (κ3) is 7.34. The average molecular weight is 634 g/mol. The summed E-state index contributed by atoms with van der Waals surface area (Å²) in [5.41, 5.74) is 2.73. The summed E-state index contributed by atoms with van der Waals surface area (Å²) in [6.45, 7) is 3.32. The number of rotatable bonds is 7. The van der Waals surface area contributed by atoms with Crippen LogP contribution >= 0.6 is 0 Å². The van der Waals surface area contributed by atoms with Crippen molar-refractivity contribution >= 4 is 17.5 Å². The van der Waals surface area contributed by atoms with Crippen molar-refractivity contribution in [2.24, 2.45) is 0 Å². The van der Waals surface area contributed by atoms with Gasteiger partial charge in [-0.3, -0.25) is 9.59 Å². The van der Waals surface area contributed by atoms with Crippen LogP contribution in [0.25, 0.3) is 0 Å². The van der Waals surface area contributed by atoms with Crippen molar-refractivity contribution in [1.82, 2.24) is 9.80 Å². The van der Waals surface area contributed by atoms with E-state index in [1.807, 2.05) is 30.3 Å². The van der Waals surface area contributed by atoms with Gasteiger partial charge in [0.2, 0.25) is 5.91 Å². The van der Waals surface area contributed by atoms with E-state index < -0.39 is 36.1 Å². The van der Waals surface area contributed by atoms with E-state index in [2.05, 4.69) is 10.2 Å². The number of piperidine rings is 1. The number of carbonyl (C=O) groups is 2. The molecule has 4 saturated heterocycles. The molecule has 4 aliphatic rings. The van der Waals surface area contributed by atoms with Crippen molar-refractivity contribution in [2.75, 3.05) is 44.7 Å². The van der Waals surface area contributed by atoms with E-state index in [4.69, 9.17) is 18.9 Å². The lowest BCUT2D eigenvalue weighted by Gasteiger charge is -2.41. The molecule has 0 radical (unpaired) electrons. The summed E-state index contributed by atoms with van der Waals surface area (Å²) < 4.78 is 63.9. The molecule has 2 aromatic rings. The van der Waals surface area contributed by atoms with Crippen LogP contribution in [0.2, 0.25) is 0 Å². The highest BCUT2D eigenvalue weighted by molar-refractivity contribution is 5.98. The lowest BCUT2D eigenvalue weighted by Crippen LogP contribution is -2.48. The summed E-state index contributed by atoms with van der Waals surface area (Å²) in [4.78, 5) is 27.8. The van der Waals surface area contributed by atoms with Crippen molar-refractivity contribution in [3.8, 4) is 0 Å². The first-order valence-electron chi connectivity index (χ1n) is 15.4. The largest absolute Gasteiger partial charge is 0.471 e. The Morgan fingerprint density at radius 3 is 2.40 bits per heavy atom. The number of anilines is 1. The Morgan fingerprint density at radius 2 is 1.71 bits per heavy atom. The van der Waals surface area contributed by atoms with Gasteiger partial charge in [-0.1, -0.05) is 36.4 Å². The highest BCUT2D eigenvalue weighted by Gasteiger charge is 2.48. The van der Waals surface area contributed by atoms with Gasteiger partial charge in [0.25, 0.3) is 0 Å². The van der Waals surface area contributed by atoms with Crippen LogP contribution in [0.4, 0.5) is 18.9 Å². The average Bonchev–Trinajstić information content (AvgIpc) is 3.72. The monoisotopic (exact) mass is 633 g/mol. The fourth-order valence-electron chi connectivity index (χ4n) is 6.62. The molecule has 4 fully saturated rings. The maximum absolute atomic E-state index is 13.1. The van der Waals surface area contributed by atoms with Gasteiger partial charge < -0.3 is 39.2 Å². The fraction of sp³-hybridized carbons (Fsp3) is 0.562. The van der Waals surface area contributed by atoms with Crippen molar-refractivity contribution in [1.29, 1.82) is 0 Å². The van der Waals surface area contributed by atoms with Crippen molar-refractivity contribution in [2.45, 2.75) is 75.2 Å². The van der Waals surface area contributed by atoms with E-state index >= 15 is 0 Å². The number of ether oxygens (including phenoxy) is 4. The number of nitrogens with one attached hydrogen (secondary N) is 1. The number of carbonyl (C=O) groups excluding carboxylic acids is 2. The molecule has 0 aromatic heterocycles. The molecule has 2 aromatic carbocycles. The van der Waals surface area contributed by atoms with Crippen molar-refractivity contribution in [3.63, 3.8) is 0 Å². The summed E-state index contributed by atoms with van der Waals surface area (Å²) in [7, 11) is 0. The van der Waals surface area contributed by atoms with Gasteiger partial charge in [-0.05, 0) is 36.1 Å². The second-order valence-corrected chi connectivity index (χ2v) is 12.0. The quantitative estimate of drug-likeness (QED) is 0.470. The molecule has 0 saturated carbocycles. The summed E-state index contributed by atoms with van der Waals surface area (Å²) in [5.74, 6) is -3.16. The molecule has 2 N–H and O–H groups in total. The lowest BCUT2D eigenvalue weighted by molar-refractivity contribution is -0.255. The number of benzene rings is 2. The molecule has 4 unspecified atom stereocenters. The highest BCUT2D eigenvalue weighted by Crippen LogP contribution is 2.40. The van der Waals surface area contributed by atoms with E-state index in [0.717, 1.165) is 37.1 Å². The summed E-state index contributed by atoms with van der Waals surface area (Å²) >= 11 is 0. The molecular formula is C32H38F3N3O7. The van der Waals surface area contributed by atoms with Crippen LogP contribution in [0.15, 0.2) is 48.5 Å². The van der Waals surface area contributed by atoms with Gasteiger partial charge >= 0.3 is 12.1 Å². The number of halogens is 3. The van der Waals surface area contributed by atoms with Gasteiger partial charge in [0.05, 0.1) is 32.0 Å². The van der Waals surface area contributed by atoms with Crippen LogP contribution in [-0.4, -0.2) is 90.2 Å². The number of hydrogen-bond acceptors (Lipinski definition) is 8. The second kappa shape index (κ2) is 13.3. The Balaban J connectivity index is 1.16. The van der Waals surface area contributed by atoms with Crippen molar-refractivity contribution < 1.29 is 46.8 Å². The summed E-state index contributed by atoms with van der Waals surface area (Å²) in [6, 6.07) is 13.2. The molecule has 2 amide bonds. The Morgan fingerprint density at radius 1 is 0.978 bits per heavy atom. The van der Waals surface area contributed by atoms with Crippen LogP contribution in [0.1, 0.15) is 61.2 Å². The molecule has 1 spiro atoms. The molecule has 4 heterocycles. The SMILES string of the molecule is O=C(Nc1cccc(C2OC(CN3CCC4(CC3)OCCO4)CC(c3ccc(CO)cc3)O2)c1)C1CCCN1C(=O)C(F)(F)F. The lowest BCUT2D eigenvalue weighted by atomic mass is 9.98. The number of nitrogens with zero attached hydrogens (tertiary/aromatic N) is 2. The maximum Gasteiger partial charge on any atom is 0.471 e. The maximum atomic E-state index is 13.1. The molecule has 10 nitrogen and oxygen atoms in total. The van der Waals surface area contributed by atoms with Gasteiger partial charge in [0.1, 0.15) is 6.04 Å². The molecule has 0 bridgehead atoms. The highest BCUT2D eigenvalue weighted by atomic mass is 19.4. The molecule has 4 atom stereocenters. The van der Waals surface area contributed by atoms with Crippen LogP contribution in [0.3, 0.4) is 0 Å². The number of aliphatic hydroxyl groups excluding tert-OH is 1. The van der Waals surface area contributed by atoms with Crippen molar-refractivity contribution in [3.05, 3.63) is 65.2 Å². The first kappa shape index (κ1) is 31.9. The minimum atomic E-state index is -5.04. The second-order valence-electron chi connectivity index (χ2n) is 12.0. The first-order chi connectivity index (χ1) is 21.6. The molecule has 45 heavy (non-hydrogen) atoms. The zero-order valence-corrected chi connectivity index (χ0v) is 24.8. The van der Waals surface area contributed by atoms with E-state index in [0.29, 0.717) is 48.8 Å². The zero-order valence-electron chi connectivity index (χ0n) is 24.8. The van der Waals surface area contributed by atoms with Gasteiger partial charge in [-0.2, -0.15) is 13.2 Å². The van der Waals surface area contributed by atoms with Crippen LogP contribution in [0.5, 0.6) is 0 Å². The minimum absolute atomic E-state index is 0.0639. The number of amides is 2. The van der Waals surface area contributed by atoms with E-state index in [9.17, 15) is 27.9 Å². The minimum Gasteiger partial charge on any atom is -0.392 e. The Bertz CT molecular complexity index is 1340. The number of likely N-dealkylation sites (tertiary alicyclic amines) is 2. The molecular weight excluding hydrogens is 595 g/mol. The molecule has 6 rings (SSSR count). The first-order valence-corrected chi connectivity index (χ1v) is 15.4. The fourth-order valence-corrected chi connectivity index (χ4v) is 6.62. The molecule has 244 valence electrons. The Kier molecular flexibility index (Phi) is 9.46. The van der Waals surface area contributed by atoms with Crippen LogP contribution < -0.4 is 5.32 Å².